The van der Waals surface area contributed by atoms with E-state index < -0.39 is 303 Å². The van der Waals surface area contributed by atoms with Gasteiger partial charge in [0.25, 0.3) is 0 Å². The van der Waals surface area contributed by atoms with Crippen LogP contribution in [-0.2, 0) is 118 Å². The van der Waals surface area contributed by atoms with Crippen LogP contribution in [0.2, 0.25) is 0 Å². The highest BCUT2D eigenvalue weighted by Gasteiger charge is 2.41. The molecule has 0 aliphatic carbocycles. The highest BCUT2D eigenvalue weighted by Crippen LogP contribution is 2.21. The van der Waals surface area contributed by atoms with Gasteiger partial charge in [-0.25, -0.2) is 0 Å². The third-order valence-corrected chi connectivity index (χ3v) is 19.8. The minimum atomic E-state index is -2.16. The highest BCUT2D eigenvalue weighted by atomic mass is 79.9. The van der Waals surface area contributed by atoms with Gasteiger partial charge in [0.2, 0.25) is 106 Å². The molecule has 1 heterocycles. The number of halogens is 1. The van der Waals surface area contributed by atoms with Crippen LogP contribution in [0.25, 0.3) is 10.9 Å². The molecule has 0 fully saturated rings. The molecule has 0 spiro atoms. The van der Waals surface area contributed by atoms with E-state index in [2.05, 4.69) is 111 Å². The molecule has 51 nitrogen and oxygen atoms in total. The topological polar surface area (TPSA) is 845 Å². The van der Waals surface area contributed by atoms with Gasteiger partial charge in [0.05, 0.1) is 57.6 Å². The molecule has 18 amide bonds. The third kappa shape index (κ3) is 40.4. The predicted molar refractivity (Wildman–Crippen MR) is 461 cm³/mol. The zero-order valence-corrected chi connectivity index (χ0v) is 74.4. The molecule has 722 valence electrons. The van der Waals surface area contributed by atoms with Gasteiger partial charge in [0.1, 0.15) is 78.0 Å². The molecule has 14 atom stereocenters. The molecule has 0 aliphatic heterocycles. The number of nitrogens with one attached hydrogen (secondary N) is 19. The number of carbonyl (C=O) groups is 22. The van der Waals surface area contributed by atoms with E-state index in [0.717, 1.165) is 13.8 Å². The number of primary amides is 2. The van der Waals surface area contributed by atoms with Crippen molar-refractivity contribution in [2.24, 2.45) is 34.8 Å². The fraction of sp³-hybridized carbons (Fsp3) is 0.532. The quantitative estimate of drug-likeness (QED) is 0.0142. The summed E-state index contributed by atoms with van der Waals surface area (Å²) < 4.78 is 0.677. The number of carbonyl (C=O) groups excluding carboxylic acids is 18. The molecule has 1 aromatic heterocycles. The van der Waals surface area contributed by atoms with E-state index in [1.54, 1.807) is 62.4 Å². The van der Waals surface area contributed by atoms with Gasteiger partial charge in [0, 0.05) is 53.8 Å². The van der Waals surface area contributed by atoms with Crippen LogP contribution in [0, 0.1) is 17.2 Å². The molecule has 0 aliphatic rings. The van der Waals surface area contributed by atoms with Crippen LogP contribution >= 0.6 is 15.9 Å². The number of aliphatic hydroxyl groups is 2. The van der Waals surface area contributed by atoms with E-state index in [4.69, 9.17) is 28.3 Å². The molecule has 52 heteroatoms. The molecular weight excluding hydrogens is 1800 g/mol. The Morgan fingerprint density at radius 3 is 1.47 bits per heavy atom. The van der Waals surface area contributed by atoms with Gasteiger partial charge in [-0.2, -0.15) is 0 Å². The predicted octanol–water partition coefficient (Wildman–Crippen LogP) is -9.50. The van der Waals surface area contributed by atoms with E-state index in [9.17, 15) is 136 Å². The lowest BCUT2D eigenvalue weighted by Gasteiger charge is -2.31. The van der Waals surface area contributed by atoms with E-state index in [0.29, 0.717) is 26.5 Å². The summed E-state index contributed by atoms with van der Waals surface area (Å²) in [7, 11) is 0. The zero-order valence-electron chi connectivity index (χ0n) is 72.8. The summed E-state index contributed by atoms with van der Waals surface area (Å²) in [6.07, 6.45) is -6.82. The van der Waals surface area contributed by atoms with Crippen LogP contribution in [0.15, 0.2) is 59.2 Å². The maximum absolute atomic E-state index is 14.4. The number of aromatic amines is 1. The van der Waals surface area contributed by atoms with Crippen molar-refractivity contribution < 1.29 is 136 Å². The van der Waals surface area contributed by atoms with Crippen LogP contribution in [0.5, 0.6) is 0 Å². The number of hydrogen-bond acceptors (Lipinski definition) is 26. The average molecular weight is 1920 g/mol. The first-order valence-electron chi connectivity index (χ1n) is 40.9. The van der Waals surface area contributed by atoms with Crippen molar-refractivity contribution in [1.82, 2.24) is 95.4 Å². The first-order chi connectivity index (χ1) is 61.2. The first-order valence-corrected chi connectivity index (χ1v) is 41.7. The summed E-state index contributed by atoms with van der Waals surface area (Å²) in [5, 5.41) is 106. The standard InChI is InChI=1S/C79H116BrN23O28/c1-35(2)24-48(96-69(123)47(20-22-59(112)113)100-77(131)79(7,8)103-74(128)50(26-40-30-87-44-13-10-9-12-42(40)44)99-76(130)63(38(6)105)102-66(120)43(81)27-60(114)115)72(126)101-62(36(3)4)75(129)94-46(19-21-58(110)111)68(122)98-52(29-61(116)117)70(124)91-37(5)65(119)95-51(28-54(82)106)67(121)90-32-56(108)88-31-55(107)89-33-57(109)92-53(34-104)73(127)97-49(25-39-15-17-41(80)18-16-39)71(125)93-45(64(83)118)14-11-23-86-78(84)85/h9-10,12-13,15-18,30,35-38,43,45-53,62-63,87,104-105H,11,14,19-29,31-34,81H2,1-8H3,(H2,82,106)(H2,83,118)(H,88,108)(H,89,107)(H,90,121)(H,91,124)(H,92,109)(H,93,125)(H,94,129)(H,95,119)(H,96,123)(H,97,127)(H,98,122)(H,99,130)(H,100,131)(H,101,126)(H,102,120)(H,103,128)(H,110,111)(H,112,113)(H,114,115)(H,116,117)(H4,84,85,86)/t37-,38-,43-,45+,46-,47-,48-,49+,50-,51-,52-,53+,62-,63-/m1/s1. The minimum Gasteiger partial charge on any atom is -0.481 e. The molecular formula is C79H116BrN23O28. The smallest absolute Gasteiger partial charge is 0.305 e. The second kappa shape index (κ2) is 54.3. The fourth-order valence-electron chi connectivity index (χ4n) is 12.2. The maximum Gasteiger partial charge on any atom is 0.305 e. The number of carboxylic acids is 4. The van der Waals surface area contributed by atoms with Crippen LogP contribution in [0.1, 0.15) is 131 Å². The third-order valence-electron chi connectivity index (χ3n) is 19.2. The SMILES string of the molecule is CC(C)C[C@@H](NC(=O)[C@@H](CCC(=O)O)NC(=O)C(C)(C)NC(=O)[C@@H](Cc1c[nH]c2ccccc12)NC(=O)[C@H](NC(=O)[C@H](N)CC(=O)O)[C@@H](C)O)C(=O)N[C@@H](C(=O)N[C@H](CCC(=O)O)C(=O)N[C@H](CC(=O)O)C(=O)N[C@H](C)C(=O)N[C@H](CC(N)=O)C(=O)NCC(=O)NCC(=O)NCC(=O)N[C@@H](CO)C(=O)N[C@@H](Cc1ccc(Br)cc1)C(=O)N[C@@H](CCCNC(=N)N)C(N)=O)C(C)C. The van der Waals surface area contributed by atoms with Crippen LogP contribution < -0.4 is 113 Å². The van der Waals surface area contributed by atoms with Crippen LogP contribution in [0.4, 0.5) is 0 Å². The number of nitrogens with two attached hydrogens (primary N) is 4. The Morgan fingerprint density at radius 1 is 0.458 bits per heavy atom. The van der Waals surface area contributed by atoms with Gasteiger partial charge in [-0.15, -0.1) is 0 Å². The molecule has 0 radical (unpaired) electrons. The number of aliphatic hydroxyl groups excluding tert-OH is 2. The van der Waals surface area contributed by atoms with Gasteiger partial charge in [-0.1, -0.05) is 74.0 Å². The lowest BCUT2D eigenvalue weighted by molar-refractivity contribution is -0.142. The van der Waals surface area contributed by atoms with Gasteiger partial charge in [-0.3, -0.25) is 111 Å². The Hall–Kier alpha value is -14.0. The normalized spacial score (nSPS) is 14.3. The lowest BCUT2D eigenvalue weighted by Crippen LogP contribution is -2.64. The van der Waals surface area contributed by atoms with Crippen molar-refractivity contribution >= 4 is 163 Å². The summed E-state index contributed by atoms with van der Waals surface area (Å²) in [6.45, 7) is 6.90. The largest absolute Gasteiger partial charge is 0.481 e. The van der Waals surface area contributed by atoms with Gasteiger partial charge < -0.3 is 149 Å². The minimum absolute atomic E-state index is 0.000538. The monoisotopic (exact) mass is 1910 g/mol. The van der Waals surface area contributed by atoms with Crippen molar-refractivity contribution in [2.75, 3.05) is 32.8 Å². The summed E-state index contributed by atoms with van der Waals surface area (Å²) in [5.41, 5.74) is 21.3. The second-order valence-electron chi connectivity index (χ2n) is 31.6. The van der Waals surface area contributed by atoms with Crippen molar-refractivity contribution in [3.05, 3.63) is 70.3 Å². The van der Waals surface area contributed by atoms with Gasteiger partial charge in [-0.05, 0) is 101 Å². The van der Waals surface area contributed by atoms with E-state index in [-0.39, 0.29) is 44.6 Å². The molecule has 3 rings (SSSR count). The summed E-state index contributed by atoms with van der Waals surface area (Å²) in [5.74, 6) is -28.6. The number of hydrogen-bond donors (Lipinski definition) is 29. The number of benzene rings is 2. The molecule has 0 saturated carbocycles. The number of rotatable bonds is 58. The summed E-state index contributed by atoms with van der Waals surface area (Å²) >= 11 is 3.30. The molecule has 0 saturated heterocycles. The number of guanidine groups is 1. The highest BCUT2D eigenvalue weighted by molar-refractivity contribution is 9.10. The average Bonchev–Trinajstić information content (AvgIpc) is 1.69. The Morgan fingerprint density at radius 2 is 0.931 bits per heavy atom. The van der Waals surface area contributed by atoms with Crippen molar-refractivity contribution in [3.63, 3.8) is 0 Å². The fourth-order valence-corrected chi connectivity index (χ4v) is 12.5. The van der Waals surface area contributed by atoms with E-state index >= 15 is 0 Å². The van der Waals surface area contributed by atoms with Crippen molar-refractivity contribution in [3.8, 4) is 0 Å². The molecule has 2 aromatic carbocycles. The number of amides is 18. The zero-order chi connectivity index (χ0) is 99.0. The lowest BCUT2D eigenvalue weighted by atomic mass is 9.98. The Kier molecular flexibility index (Phi) is 46.1. The maximum atomic E-state index is 14.4. The number of aliphatic carboxylic acids is 4. The number of para-hydroxylation sites is 1. The van der Waals surface area contributed by atoms with Crippen molar-refractivity contribution in [2.45, 2.75) is 223 Å². The number of carboxylic acid groups (broad SMARTS) is 4. The summed E-state index contributed by atoms with van der Waals surface area (Å²) in [6, 6.07) is -9.20. The van der Waals surface area contributed by atoms with Gasteiger partial charge in [0.15, 0.2) is 5.96 Å². The Balaban J connectivity index is 1.73. The molecule has 131 heavy (non-hydrogen) atoms. The Labute approximate surface area is 757 Å². The first kappa shape index (κ1) is 111. The Bertz CT molecular complexity index is 4640. The van der Waals surface area contributed by atoms with E-state index in [1.807, 2.05) is 0 Å². The van der Waals surface area contributed by atoms with Gasteiger partial charge >= 0.3 is 23.9 Å². The molecule has 33 N–H and O–H groups in total. The van der Waals surface area contributed by atoms with E-state index in [1.165, 1.54) is 33.9 Å². The van der Waals surface area contributed by atoms with Crippen LogP contribution in [-0.4, -0.2) is 295 Å². The van der Waals surface area contributed by atoms with Crippen LogP contribution in [0.3, 0.4) is 0 Å². The molecule has 0 unspecified atom stereocenters. The second-order valence-corrected chi connectivity index (χ2v) is 32.5. The molecule has 0 bridgehead atoms. The number of aromatic nitrogens is 1. The summed E-state index contributed by atoms with van der Waals surface area (Å²) in [4.78, 5) is 294. The number of fused-ring (bicyclic) bond motifs is 1. The number of H-pyrrole nitrogens is 1. The molecule has 3 aromatic rings. The van der Waals surface area contributed by atoms with Crippen molar-refractivity contribution in [1.29, 1.82) is 5.41 Å².